The molecule has 22 heavy (non-hydrogen) atoms. The summed E-state index contributed by atoms with van der Waals surface area (Å²) < 4.78 is 0. The highest BCUT2D eigenvalue weighted by Crippen LogP contribution is 2.66. The minimum atomic E-state index is -0.0105. The smallest absolute Gasteiger partial charge is 0.0543 e. The lowest BCUT2D eigenvalue weighted by Gasteiger charge is -2.61. The van der Waals surface area contributed by atoms with Crippen LogP contribution < -0.4 is 5.32 Å². The highest BCUT2D eigenvalue weighted by Gasteiger charge is 2.59. The van der Waals surface area contributed by atoms with Gasteiger partial charge in [0.15, 0.2) is 0 Å². The van der Waals surface area contributed by atoms with E-state index < -0.39 is 0 Å². The van der Waals surface area contributed by atoms with Crippen molar-refractivity contribution in [2.24, 2.45) is 34.5 Å². The molecule has 0 aromatic carbocycles. The van der Waals surface area contributed by atoms with E-state index in [4.69, 9.17) is 0 Å². The van der Waals surface area contributed by atoms with Crippen LogP contribution >= 0.6 is 0 Å². The highest BCUT2D eigenvalue weighted by molar-refractivity contribution is 5.10. The Morgan fingerprint density at radius 3 is 2.36 bits per heavy atom. The number of fused-ring (bicyclic) bond motifs is 5. The molecule has 0 saturated heterocycles. The second-order valence-corrected chi connectivity index (χ2v) is 9.55. The zero-order chi connectivity index (χ0) is 15.5. The lowest BCUT2D eigenvalue weighted by molar-refractivity contribution is -0.123. The third-order valence-electron chi connectivity index (χ3n) is 8.99. The van der Waals surface area contributed by atoms with Gasteiger partial charge in [0.2, 0.25) is 0 Å². The van der Waals surface area contributed by atoms with Gasteiger partial charge in [-0.15, -0.1) is 0 Å². The lowest BCUT2D eigenvalue weighted by Crippen LogP contribution is -2.55. The fourth-order valence-corrected chi connectivity index (χ4v) is 7.71. The van der Waals surface area contributed by atoms with Gasteiger partial charge < -0.3 is 10.4 Å². The molecule has 0 aromatic heterocycles. The number of aliphatic hydroxyl groups excluding tert-OH is 1. The summed E-state index contributed by atoms with van der Waals surface area (Å²) in [6.07, 6.45) is 11.9. The first-order valence-electron chi connectivity index (χ1n) is 9.84. The first-order valence-corrected chi connectivity index (χ1v) is 9.84. The standard InChI is InChI=1S/C20H35NO/c1-19-10-8-14(22)12-13(19)4-5-15-16-6-7-18(21-3)20(16,2)11-9-17(15)19/h13-18,21-22H,4-12H2,1-3H3/t13-,14-,15-,16+,17-,18-,19+,20+/m0/s1. The van der Waals surface area contributed by atoms with Gasteiger partial charge in [0.1, 0.15) is 0 Å². The number of rotatable bonds is 1. The van der Waals surface area contributed by atoms with Gasteiger partial charge in [-0.2, -0.15) is 0 Å². The number of nitrogens with one attached hydrogen (secondary N) is 1. The maximum atomic E-state index is 10.1. The molecule has 126 valence electrons. The van der Waals surface area contributed by atoms with E-state index in [0.717, 1.165) is 42.6 Å². The van der Waals surface area contributed by atoms with Crippen LogP contribution in [0.25, 0.3) is 0 Å². The molecular weight excluding hydrogens is 270 g/mol. The predicted octanol–water partition coefficient (Wildman–Crippen LogP) is 3.98. The number of hydrogen-bond acceptors (Lipinski definition) is 2. The van der Waals surface area contributed by atoms with E-state index in [2.05, 4.69) is 26.2 Å². The molecule has 8 atom stereocenters. The van der Waals surface area contributed by atoms with Crippen molar-refractivity contribution in [1.82, 2.24) is 5.32 Å². The summed E-state index contributed by atoms with van der Waals surface area (Å²) in [6.45, 7) is 5.18. The molecule has 0 amide bonds. The van der Waals surface area contributed by atoms with Gasteiger partial charge in [-0.3, -0.25) is 0 Å². The average molecular weight is 306 g/mol. The van der Waals surface area contributed by atoms with Gasteiger partial charge in [0, 0.05) is 6.04 Å². The Hall–Kier alpha value is -0.0800. The van der Waals surface area contributed by atoms with Crippen LogP contribution in [0.5, 0.6) is 0 Å². The number of hydrogen-bond donors (Lipinski definition) is 2. The van der Waals surface area contributed by atoms with Crippen LogP contribution in [0, 0.1) is 34.5 Å². The summed E-state index contributed by atoms with van der Waals surface area (Å²) in [5.41, 5.74) is 1.08. The van der Waals surface area contributed by atoms with E-state index in [0.29, 0.717) is 10.8 Å². The Kier molecular flexibility index (Phi) is 3.66. The quantitative estimate of drug-likeness (QED) is 0.768. The first-order chi connectivity index (χ1) is 10.5. The van der Waals surface area contributed by atoms with E-state index in [1.54, 1.807) is 0 Å². The highest BCUT2D eigenvalue weighted by atomic mass is 16.3. The second kappa shape index (κ2) is 5.21. The fraction of sp³-hybridized carbons (Fsp3) is 1.00. The Morgan fingerprint density at radius 1 is 0.864 bits per heavy atom. The summed E-state index contributed by atoms with van der Waals surface area (Å²) >= 11 is 0. The minimum Gasteiger partial charge on any atom is -0.393 e. The maximum Gasteiger partial charge on any atom is 0.0543 e. The molecule has 4 saturated carbocycles. The largest absolute Gasteiger partial charge is 0.393 e. The van der Waals surface area contributed by atoms with E-state index in [1.807, 2.05) is 0 Å². The van der Waals surface area contributed by atoms with Crippen molar-refractivity contribution in [2.75, 3.05) is 7.05 Å². The van der Waals surface area contributed by atoms with Crippen LogP contribution in [-0.2, 0) is 0 Å². The Balaban J connectivity index is 1.61. The molecular formula is C20H35NO. The second-order valence-electron chi connectivity index (χ2n) is 9.55. The van der Waals surface area contributed by atoms with Gasteiger partial charge in [0.05, 0.1) is 6.10 Å². The zero-order valence-electron chi connectivity index (χ0n) is 14.8. The molecule has 0 spiro atoms. The molecule has 0 heterocycles. The molecule has 4 aliphatic carbocycles. The molecule has 0 unspecified atom stereocenters. The van der Waals surface area contributed by atoms with Gasteiger partial charge in [-0.25, -0.2) is 0 Å². The van der Waals surface area contributed by atoms with Crippen LogP contribution in [0.1, 0.15) is 71.6 Å². The molecule has 4 rings (SSSR count). The monoisotopic (exact) mass is 305 g/mol. The van der Waals surface area contributed by atoms with Gasteiger partial charge in [-0.1, -0.05) is 13.8 Å². The Bertz CT molecular complexity index is 437. The molecule has 2 heteroatoms. The lowest BCUT2D eigenvalue weighted by atomic mass is 9.45. The normalized spacial score (nSPS) is 57.8. The molecule has 0 radical (unpaired) electrons. The van der Waals surface area contributed by atoms with Crippen molar-refractivity contribution in [3.05, 3.63) is 0 Å². The first kappa shape index (κ1) is 15.4. The van der Waals surface area contributed by atoms with Crippen molar-refractivity contribution < 1.29 is 5.11 Å². The fourth-order valence-electron chi connectivity index (χ4n) is 7.71. The molecule has 2 N–H and O–H groups in total. The Labute approximate surface area is 136 Å². The van der Waals surface area contributed by atoms with Crippen molar-refractivity contribution in [3.63, 3.8) is 0 Å². The van der Waals surface area contributed by atoms with Crippen molar-refractivity contribution in [1.29, 1.82) is 0 Å². The van der Waals surface area contributed by atoms with E-state index in [1.165, 1.54) is 44.9 Å². The third kappa shape index (κ3) is 1.99. The molecule has 0 aromatic rings. The summed E-state index contributed by atoms with van der Waals surface area (Å²) in [5, 5.41) is 13.7. The van der Waals surface area contributed by atoms with Crippen molar-refractivity contribution in [2.45, 2.75) is 83.8 Å². The van der Waals surface area contributed by atoms with Crippen LogP contribution in [0.4, 0.5) is 0 Å². The van der Waals surface area contributed by atoms with E-state index in [-0.39, 0.29) is 6.10 Å². The van der Waals surface area contributed by atoms with Crippen molar-refractivity contribution >= 4 is 0 Å². The van der Waals surface area contributed by atoms with E-state index in [9.17, 15) is 5.11 Å². The molecule has 4 aliphatic rings. The molecule has 0 aliphatic heterocycles. The minimum absolute atomic E-state index is 0.0105. The average Bonchev–Trinajstić information content (AvgIpc) is 2.84. The SMILES string of the molecule is CN[C@H]1CC[C@@H]2[C@@H]3CC[C@H]4C[C@@H](O)CC[C@@]4(C)[C@H]3CC[C@@]12C. The molecule has 0 bridgehead atoms. The number of aliphatic hydroxyl groups is 1. The maximum absolute atomic E-state index is 10.1. The van der Waals surface area contributed by atoms with Crippen molar-refractivity contribution in [3.8, 4) is 0 Å². The predicted molar refractivity (Wildman–Crippen MR) is 90.6 cm³/mol. The molecule has 4 fully saturated rings. The summed E-state index contributed by atoms with van der Waals surface area (Å²) in [7, 11) is 2.17. The summed E-state index contributed by atoms with van der Waals surface area (Å²) in [6, 6.07) is 0.747. The third-order valence-corrected chi connectivity index (χ3v) is 8.99. The van der Waals surface area contributed by atoms with Gasteiger partial charge >= 0.3 is 0 Å². The van der Waals surface area contributed by atoms with Crippen LogP contribution in [0.15, 0.2) is 0 Å². The Morgan fingerprint density at radius 2 is 1.59 bits per heavy atom. The van der Waals surface area contributed by atoms with Gasteiger partial charge in [0.25, 0.3) is 0 Å². The van der Waals surface area contributed by atoms with E-state index >= 15 is 0 Å². The zero-order valence-corrected chi connectivity index (χ0v) is 14.8. The van der Waals surface area contributed by atoms with Gasteiger partial charge in [-0.05, 0) is 99.3 Å². The van der Waals surface area contributed by atoms with Crippen LogP contribution in [-0.4, -0.2) is 24.3 Å². The topological polar surface area (TPSA) is 32.3 Å². The molecule has 2 nitrogen and oxygen atoms in total. The summed E-state index contributed by atoms with van der Waals surface area (Å²) in [4.78, 5) is 0. The summed E-state index contributed by atoms with van der Waals surface area (Å²) in [5.74, 6) is 3.65. The van der Waals surface area contributed by atoms with Crippen LogP contribution in [0.2, 0.25) is 0 Å². The van der Waals surface area contributed by atoms with Crippen LogP contribution in [0.3, 0.4) is 0 Å².